The number of rotatable bonds is 6. The van der Waals surface area contributed by atoms with Crippen LogP contribution in [0.5, 0.6) is 0 Å². The quantitative estimate of drug-likeness (QED) is 0.826. The van der Waals surface area contributed by atoms with Gasteiger partial charge in [0.2, 0.25) is 10.0 Å². The summed E-state index contributed by atoms with van der Waals surface area (Å²) < 4.78 is 27.3. The first kappa shape index (κ1) is 16.5. The summed E-state index contributed by atoms with van der Waals surface area (Å²) in [6, 6.07) is 1.25. The molecule has 0 aliphatic carbocycles. The van der Waals surface area contributed by atoms with E-state index in [-0.39, 0.29) is 16.0 Å². The molecule has 0 bridgehead atoms. The van der Waals surface area contributed by atoms with Crippen LogP contribution in [0.4, 0.5) is 5.82 Å². The van der Waals surface area contributed by atoms with Gasteiger partial charge in [0, 0.05) is 25.8 Å². The van der Waals surface area contributed by atoms with E-state index in [4.69, 9.17) is 11.6 Å². The maximum absolute atomic E-state index is 12.3. The zero-order valence-electron chi connectivity index (χ0n) is 12.3. The molecule has 1 aromatic rings. The molecule has 8 heteroatoms. The Kier molecular flexibility index (Phi) is 5.43. The van der Waals surface area contributed by atoms with Crippen molar-refractivity contribution in [1.82, 2.24) is 14.6 Å². The highest BCUT2D eigenvalue weighted by molar-refractivity contribution is 7.89. The SMILES string of the molecule is CNc1ncc(S(=O)(=O)NC(C)CN2CCCC2)cc1Cl. The topological polar surface area (TPSA) is 74.3 Å². The van der Waals surface area contributed by atoms with Crippen molar-refractivity contribution in [3.8, 4) is 0 Å². The van der Waals surface area contributed by atoms with Crippen LogP contribution in [0.15, 0.2) is 17.2 Å². The number of anilines is 1. The van der Waals surface area contributed by atoms with Gasteiger partial charge in [-0.25, -0.2) is 18.1 Å². The van der Waals surface area contributed by atoms with Crippen molar-refractivity contribution in [2.45, 2.75) is 30.7 Å². The fourth-order valence-corrected chi connectivity index (χ4v) is 4.00. The Morgan fingerprint density at radius 3 is 2.67 bits per heavy atom. The van der Waals surface area contributed by atoms with Crippen molar-refractivity contribution < 1.29 is 8.42 Å². The molecule has 0 aromatic carbocycles. The predicted molar refractivity (Wildman–Crippen MR) is 84.3 cm³/mol. The maximum atomic E-state index is 12.3. The predicted octanol–water partition coefficient (Wildman–Crippen LogP) is 1.54. The Balaban J connectivity index is 2.05. The molecule has 1 atom stereocenters. The van der Waals surface area contributed by atoms with Gasteiger partial charge in [-0.05, 0) is 38.9 Å². The second-order valence-corrected chi connectivity index (χ2v) is 7.40. The molecule has 118 valence electrons. The molecule has 1 aliphatic rings. The third kappa shape index (κ3) is 4.29. The number of hydrogen-bond donors (Lipinski definition) is 2. The summed E-state index contributed by atoms with van der Waals surface area (Å²) in [6.07, 6.45) is 3.68. The molecule has 0 amide bonds. The molecule has 2 rings (SSSR count). The van der Waals surface area contributed by atoms with E-state index in [2.05, 4.69) is 19.9 Å². The third-order valence-corrected chi connectivity index (χ3v) is 5.29. The van der Waals surface area contributed by atoms with Crippen LogP contribution in [0.1, 0.15) is 19.8 Å². The molecule has 1 saturated heterocycles. The van der Waals surface area contributed by atoms with Gasteiger partial charge in [0.15, 0.2) is 0 Å². The highest BCUT2D eigenvalue weighted by atomic mass is 35.5. The number of sulfonamides is 1. The Morgan fingerprint density at radius 1 is 1.43 bits per heavy atom. The number of halogens is 1. The highest BCUT2D eigenvalue weighted by Gasteiger charge is 2.21. The summed E-state index contributed by atoms with van der Waals surface area (Å²) in [5, 5.41) is 3.08. The Hall–Kier alpha value is -0.890. The van der Waals surface area contributed by atoms with Gasteiger partial charge in [-0.15, -0.1) is 0 Å². The van der Waals surface area contributed by atoms with Crippen LogP contribution in [0.3, 0.4) is 0 Å². The van der Waals surface area contributed by atoms with Crippen LogP contribution < -0.4 is 10.0 Å². The summed E-state index contributed by atoms with van der Waals surface area (Å²) in [6.45, 7) is 4.66. The lowest BCUT2D eigenvalue weighted by Gasteiger charge is -2.21. The minimum absolute atomic E-state index is 0.0831. The molecule has 0 saturated carbocycles. The van der Waals surface area contributed by atoms with E-state index >= 15 is 0 Å². The Morgan fingerprint density at radius 2 is 2.10 bits per heavy atom. The second-order valence-electron chi connectivity index (χ2n) is 5.28. The minimum Gasteiger partial charge on any atom is -0.372 e. The summed E-state index contributed by atoms with van der Waals surface area (Å²) in [5.41, 5.74) is 0. The molecule has 21 heavy (non-hydrogen) atoms. The summed E-state index contributed by atoms with van der Waals surface area (Å²) >= 11 is 5.98. The van der Waals surface area contributed by atoms with Gasteiger partial charge < -0.3 is 10.2 Å². The van der Waals surface area contributed by atoms with E-state index in [1.165, 1.54) is 25.1 Å². The first-order valence-corrected chi connectivity index (χ1v) is 8.86. The molecular weight excluding hydrogens is 312 g/mol. The first-order valence-electron chi connectivity index (χ1n) is 7.00. The smallest absolute Gasteiger partial charge is 0.242 e. The van der Waals surface area contributed by atoms with Gasteiger partial charge in [0.25, 0.3) is 0 Å². The van der Waals surface area contributed by atoms with Crippen molar-refractivity contribution >= 4 is 27.4 Å². The van der Waals surface area contributed by atoms with Crippen LogP contribution in [0.25, 0.3) is 0 Å². The van der Waals surface area contributed by atoms with Crippen LogP contribution in [-0.2, 0) is 10.0 Å². The number of hydrogen-bond acceptors (Lipinski definition) is 5. The van der Waals surface area contributed by atoms with E-state index in [0.717, 1.165) is 19.6 Å². The van der Waals surface area contributed by atoms with Crippen LogP contribution >= 0.6 is 11.6 Å². The molecule has 2 N–H and O–H groups in total. The maximum Gasteiger partial charge on any atom is 0.242 e. The Labute approximate surface area is 130 Å². The number of pyridine rings is 1. The highest BCUT2D eigenvalue weighted by Crippen LogP contribution is 2.22. The average Bonchev–Trinajstić information content (AvgIpc) is 2.90. The lowest BCUT2D eigenvalue weighted by atomic mass is 10.3. The fourth-order valence-electron chi connectivity index (χ4n) is 2.47. The molecule has 0 spiro atoms. The van der Waals surface area contributed by atoms with Gasteiger partial charge in [0.05, 0.1) is 5.02 Å². The first-order chi connectivity index (χ1) is 9.92. The van der Waals surface area contributed by atoms with Crippen molar-refractivity contribution in [3.63, 3.8) is 0 Å². The number of nitrogens with one attached hydrogen (secondary N) is 2. The Bertz CT molecular complexity index is 588. The number of aromatic nitrogens is 1. The molecule has 6 nitrogen and oxygen atoms in total. The summed E-state index contributed by atoms with van der Waals surface area (Å²) in [5.74, 6) is 0.459. The van der Waals surface area contributed by atoms with Crippen molar-refractivity contribution in [2.75, 3.05) is 32.0 Å². The fraction of sp³-hybridized carbons (Fsp3) is 0.615. The normalized spacial score (nSPS) is 17.9. The van der Waals surface area contributed by atoms with Gasteiger partial charge in [-0.3, -0.25) is 0 Å². The van der Waals surface area contributed by atoms with E-state index in [1.54, 1.807) is 7.05 Å². The van der Waals surface area contributed by atoms with Gasteiger partial charge in [-0.2, -0.15) is 0 Å². The largest absolute Gasteiger partial charge is 0.372 e. The lowest BCUT2D eigenvalue weighted by molar-refractivity contribution is 0.313. The molecular formula is C13H21ClN4O2S. The lowest BCUT2D eigenvalue weighted by Crippen LogP contribution is -2.41. The average molecular weight is 333 g/mol. The zero-order valence-corrected chi connectivity index (χ0v) is 13.8. The van der Waals surface area contributed by atoms with Crippen LogP contribution in [0.2, 0.25) is 5.02 Å². The second kappa shape index (κ2) is 6.91. The minimum atomic E-state index is -3.60. The molecule has 0 radical (unpaired) electrons. The van der Waals surface area contributed by atoms with Crippen LogP contribution in [0, 0.1) is 0 Å². The zero-order chi connectivity index (χ0) is 15.5. The van der Waals surface area contributed by atoms with Crippen molar-refractivity contribution in [3.05, 3.63) is 17.3 Å². The van der Waals surface area contributed by atoms with Crippen molar-refractivity contribution in [2.24, 2.45) is 0 Å². The van der Waals surface area contributed by atoms with Crippen molar-refractivity contribution in [1.29, 1.82) is 0 Å². The van der Waals surface area contributed by atoms with Gasteiger partial charge in [-0.1, -0.05) is 11.6 Å². The molecule has 2 heterocycles. The number of nitrogens with zero attached hydrogens (tertiary/aromatic N) is 2. The van der Waals surface area contributed by atoms with E-state index < -0.39 is 10.0 Å². The summed E-state index contributed by atoms with van der Waals surface area (Å²) in [7, 11) is -1.92. The molecule has 1 aliphatic heterocycles. The van der Waals surface area contributed by atoms with E-state index in [1.807, 2.05) is 6.92 Å². The molecule has 1 aromatic heterocycles. The van der Waals surface area contributed by atoms with Gasteiger partial charge in [0.1, 0.15) is 10.7 Å². The van der Waals surface area contributed by atoms with E-state index in [0.29, 0.717) is 5.82 Å². The molecule has 1 fully saturated rings. The van der Waals surface area contributed by atoms with Gasteiger partial charge >= 0.3 is 0 Å². The van der Waals surface area contributed by atoms with E-state index in [9.17, 15) is 8.42 Å². The third-order valence-electron chi connectivity index (χ3n) is 3.45. The number of likely N-dealkylation sites (tertiary alicyclic amines) is 1. The summed E-state index contributed by atoms with van der Waals surface area (Å²) in [4.78, 5) is 6.35. The monoisotopic (exact) mass is 332 g/mol. The molecule has 1 unspecified atom stereocenters. The standard InChI is InChI=1S/C13H21ClN4O2S/c1-10(9-18-5-3-4-6-18)17-21(19,20)11-7-12(14)13(15-2)16-8-11/h7-8,10,17H,3-6,9H2,1-2H3,(H,15,16). The van der Waals surface area contributed by atoms with Crippen LogP contribution in [-0.4, -0.2) is 51.0 Å².